The molecule has 3 rings (SSSR count). The molecule has 1 amide bonds. The van der Waals surface area contributed by atoms with Crippen LogP contribution in [0.15, 0.2) is 46.0 Å². The van der Waals surface area contributed by atoms with E-state index in [-0.39, 0.29) is 18.4 Å². The number of carbonyl (C=O) groups excluding carboxylic acids is 1. The predicted molar refractivity (Wildman–Crippen MR) is 104 cm³/mol. The van der Waals surface area contributed by atoms with E-state index in [1.165, 1.54) is 26.8 Å². The van der Waals surface area contributed by atoms with Gasteiger partial charge in [-0.3, -0.25) is 4.79 Å². The van der Waals surface area contributed by atoms with Gasteiger partial charge in [-0.05, 0) is 43.2 Å². The van der Waals surface area contributed by atoms with Crippen molar-refractivity contribution in [3.05, 3.63) is 52.9 Å². The van der Waals surface area contributed by atoms with Gasteiger partial charge in [-0.25, -0.2) is 8.42 Å². The Kier molecular flexibility index (Phi) is 6.11. The number of nitrogens with one attached hydrogen (secondary N) is 1. The van der Waals surface area contributed by atoms with Crippen molar-refractivity contribution in [2.75, 3.05) is 19.6 Å². The number of amides is 1. The molecule has 2 heterocycles. The Balaban J connectivity index is 1.54. The third-order valence-corrected chi connectivity index (χ3v) is 7.92. The average molecular weight is 393 g/mol. The molecule has 1 N–H and O–H groups in total. The number of nitrogens with zero attached hydrogens (tertiary/aromatic N) is 1. The van der Waals surface area contributed by atoms with E-state index in [1.54, 1.807) is 17.5 Å². The molecule has 0 radical (unpaired) electrons. The van der Waals surface area contributed by atoms with Gasteiger partial charge in [0.25, 0.3) is 10.0 Å². The van der Waals surface area contributed by atoms with Gasteiger partial charge < -0.3 is 5.32 Å². The SMILES string of the molecule is Cc1ccc(CCNC(=O)[C@@H]2CCCN(S(=O)(=O)c3cccs3)C2)cc1. The second-order valence-electron chi connectivity index (χ2n) is 6.66. The van der Waals surface area contributed by atoms with Crippen LogP contribution in [0, 0.1) is 12.8 Å². The van der Waals surface area contributed by atoms with Gasteiger partial charge in [-0.1, -0.05) is 35.9 Å². The Morgan fingerprint density at radius 1 is 1.27 bits per heavy atom. The van der Waals surface area contributed by atoms with E-state index in [0.717, 1.165) is 12.8 Å². The van der Waals surface area contributed by atoms with Crippen molar-refractivity contribution in [2.45, 2.75) is 30.4 Å². The Morgan fingerprint density at radius 2 is 2.04 bits per heavy atom. The van der Waals surface area contributed by atoms with E-state index in [2.05, 4.69) is 29.6 Å². The van der Waals surface area contributed by atoms with Crippen molar-refractivity contribution < 1.29 is 13.2 Å². The fourth-order valence-electron chi connectivity index (χ4n) is 3.14. The molecule has 1 aliphatic rings. The zero-order valence-electron chi connectivity index (χ0n) is 14.8. The van der Waals surface area contributed by atoms with Crippen LogP contribution < -0.4 is 5.32 Å². The maximum absolute atomic E-state index is 12.6. The zero-order valence-corrected chi connectivity index (χ0v) is 16.5. The molecule has 0 spiro atoms. The molecular formula is C19H24N2O3S2. The Morgan fingerprint density at radius 3 is 2.73 bits per heavy atom. The summed E-state index contributed by atoms with van der Waals surface area (Å²) < 4.78 is 27.1. The van der Waals surface area contributed by atoms with Gasteiger partial charge in [-0.15, -0.1) is 11.3 Å². The summed E-state index contributed by atoms with van der Waals surface area (Å²) in [5.41, 5.74) is 2.40. The van der Waals surface area contributed by atoms with Crippen molar-refractivity contribution >= 4 is 27.3 Å². The molecule has 1 aromatic heterocycles. The van der Waals surface area contributed by atoms with E-state index in [1.807, 2.05) is 6.92 Å². The minimum absolute atomic E-state index is 0.0526. The summed E-state index contributed by atoms with van der Waals surface area (Å²) >= 11 is 1.22. The van der Waals surface area contributed by atoms with Crippen LogP contribution in [0.2, 0.25) is 0 Å². The van der Waals surface area contributed by atoms with Gasteiger partial charge in [0.1, 0.15) is 4.21 Å². The predicted octanol–water partition coefficient (Wildman–Crippen LogP) is 2.82. The number of piperidine rings is 1. The van der Waals surface area contributed by atoms with Crippen LogP contribution in [0.25, 0.3) is 0 Å². The van der Waals surface area contributed by atoms with Gasteiger partial charge >= 0.3 is 0 Å². The van der Waals surface area contributed by atoms with Gasteiger partial charge in [0.05, 0.1) is 5.92 Å². The van der Waals surface area contributed by atoms with Gasteiger partial charge in [0.2, 0.25) is 5.91 Å². The van der Waals surface area contributed by atoms with Gasteiger partial charge in [-0.2, -0.15) is 4.31 Å². The molecule has 2 aromatic rings. The first-order valence-corrected chi connectivity index (χ1v) is 11.2. The quantitative estimate of drug-likeness (QED) is 0.822. The van der Waals surface area contributed by atoms with E-state index in [9.17, 15) is 13.2 Å². The first-order valence-electron chi connectivity index (χ1n) is 8.84. The fourth-order valence-corrected chi connectivity index (χ4v) is 5.81. The second kappa shape index (κ2) is 8.33. The van der Waals surface area contributed by atoms with Crippen LogP contribution in [0.1, 0.15) is 24.0 Å². The minimum Gasteiger partial charge on any atom is -0.355 e. The van der Waals surface area contributed by atoms with Crippen molar-refractivity contribution in [2.24, 2.45) is 5.92 Å². The average Bonchev–Trinajstić information content (AvgIpc) is 3.19. The van der Waals surface area contributed by atoms with Crippen LogP contribution in [0.4, 0.5) is 0 Å². The van der Waals surface area contributed by atoms with E-state index >= 15 is 0 Å². The molecule has 1 saturated heterocycles. The highest BCUT2D eigenvalue weighted by molar-refractivity contribution is 7.91. The third-order valence-electron chi connectivity index (χ3n) is 4.68. The smallest absolute Gasteiger partial charge is 0.252 e. The van der Waals surface area contributed by atoms with E-state index < -0.39 is 10.0 Å². The monoisotopic (exact) mass is 392 g/mol. The zero-order chi connectivity index (χ0) is 18.6. The summed E-state index contributed by atoms with van der Waals surface area (Å²) in [7, 11) is -3.48. The Hall–Kier alpha value is -1.70. The molecule has 5 nitrogen and oxygen atoms in total. The maximum atomic E-state index is 12.6. The van der Waals surface area contributed by atoms with Crippen LogP contribution in [0.5, 0.6) is 0 Å². The number of carbonyl (C=O) groups is 1. The number of hydrogen-bond acceptors (Lipinski definition) is 4. The van der Waals surface area contributed by atoms with Crippen LogP contribution >= 0.6 is 11.3 Å². The molecule has 1 atom stereocenters. The van der Waals surface area contributed by atoms with Crippen LogP contribution in [-0.4, -0.2) is 38.3 Å². The van der Waals surface area contributed by atoms with Crippen molar-refractivity contribution in [1.29, 1.82) is 0 Å². The second-order valence-corrected chi connectivity index (χ2v) is 9.77. The number of sulfonamides is 1. The van der Waals surface area contributed by atoms with Crippen molar-refractivity contribution in [3.8, 4) is 0 Å². The van der Waals surface area contributed by atoms with E-state index in [4.69, 9.17) is 0 Å². The summed E-state index contributed by atoms with van der Waals surface area (Å²) in [4.78, 5) is 12.5. The largest absolute Gasteiger partial charge is 0.355 e. The topological polar surface area (TPSA) is 66.5 Å². The lowest BCUT2D eigenvalue weighted by Gasteiger charge is -2.30. The first-order chi connectivity index (χ1) is 12.5. The summed E-state index contributed by atoms with van der Waals surface area (Å²) in [6, 6.07) is 11.6. The number of aryl methyl sites for hydroxylation is 1. The standard InChI is InChI=1S/C19H24N2O3S2/c1-15-6-8-16(9-7-15)10-11-20-19(22)17-4-2-12-21(14-17)26(23,24)18-5-3-13-25-18/h3,5-9,13,17H,2,4,10-12,14H2,1H3,(H,20,22)/t17-/m1/s1. The molecule has 26 heavy (non-hydrogen) atoms. The first kappa shape index (κ1) is 19.1. The number of hydrogen-bond donors (Lipinski definition) is 1. The molecule has 140 valence electrons. The molecule has 1 aliphatic heterocycles. The summed E-state index contributed by atoms with van der Waals surface area (Å²) in [5, 5.41) is 4.72. The highest BCUT2D eigenvalue weighted by Gasteiger charge is 2.33. The Labute approximate surface area is 159 Å². The highest BCUT2D eigenvalue weighted by Crippen LogP contribution is 2.26. The molecular weight excluding hydrogens is 368 g/mol. The molecule has 7 heteroatoms. The third kappa shape index (κ3) is 4.52. The normalized spacial score (nSPS) is 18.6. The summed E-state index contributed by atoms with van der Waals surface area (Å²) in [6.45, 7) is 3.35. The minimum atomic E-state index is -3.48. The summed E-state index contributed by atoms with van der Waals surface area (Å²) in [6.07, 6.45) is 2.21. The molecule has 0 saturated carbocycles. The Bertz CT molecular complexity index is 830. The fraction of sp³-hybridized carbons (Fsp3) is 0.421. The number of thiophene rings is 1. The molecule has 0 unspecified atom stereocenters. The van der Waals surface area contributed by atoms with Crippen LogP contribution in [0.3, 0.4) is 0 Å². The summed E-state index contributed by atoms with van der Waals surface area (Å²) in [5.74, 6) is -0.334. The molecule has 0 aliphatic carbocycles. The molecule has 1 aromatic carbocycles. The highest BCUT2D eigenvalue weighted by atomic mass is 32.2. The van der Waals surface area contributed by atoms with Gasteiger partial charge in [0, 0.05) is 19.6 Å². The van der Waals surface area contributed by atoms with E-state index in [0.29, 0.717) is 23.7 Å². The maximum Gasteiger partial charge on any atom is 0.252 e. The van der Waals surface area contributed by atoms with Crippen molar-refractivity contribution in [1.82, 2.24) is 9.62 Å². The molecule has 1 fully saturated rings. The van der Waals surface area contributed by atoms with Crippen LogP contribution in [-0.2, 0) is 21.2 Å². The number of rotatable bonds is 6. The molecule has 0 bridgehead atoms. The lowest BCUT2D eigenvalue weighted by Crippen LogP contribution is -2.45. The number of benzene rings is 1. The lowest BCUT2D eigenvalue weighted by molar-refractivity contribution is -0.126. The lowest BCUT2D eigenvalue weighted by atomic mass is 9.98. The van der Waals surface area contributed by atoms with Gasteiger partial charge in [0.15, 0.2) is 0 Å². The van der Waals surface area contributed by atoms with Crippen molar-refractivity contribution in [3.63, 3.8) is 0 Å².